The van der Waals surface area contributed by atoms with Gasteiger partial charge in [0.05, 0.1) is 4.92 Å². The Balaban J connectivity index is 3.13. The molecular weight excluding hydrogens is 248 g/mol. The van der Waals surface area contributed by atoms with Crippen molar-refractivity contribution in [3.05, 3.63) is 44.2 Å². The Morgan fingerprint density at radius 3 is 2.93 bits per heavy atom. The van der Waals surface area contributed by atoms with Crippen LogP contribution < -0.4 is 5.73 Å². The first-order valence-corrected chi connectivity index (χ1v) is 4.99. The molecule has 1 aliphatic carbocycles. The van der Waals surface area contributed by atoms with E-state index in [-0.39, 0.29) is 11.4 Å². The molecule has 1 atom stereocenters. The minimum absolute atomic E-state index is 0.0555. The van der Waals surface area contributed by atoms with Gasteiger partial charge in [-0.15, -0.1) is 0 Å². The van der Waals surface area contributed by atoms with Crippen molar-refractivity contribution in [2.24, 2.45) is 11.7 Å². The van der Waals surface area contributed by atoms with E-state index in [9.17, 15) is 10.1 Å². The summed E-state index contributed by atoms with van der Waals surface area (Å²) >= 11 is 3.25. The molecule has 0 aromatic rings. The van der Waals surface area contributed by atoms with E-state index in [0.717, 1.165) is 0 Å². The maximum absolute atomic E-state index is 10.6. The molecular formula is C9H11BrN2O2. The van der Waals surface area contributed by atoms with Crippen molar-refractivity contribution in [1.29, 1.82) is 0 Å². The molecule has 0 aliphatic heterocycles. The van der Waals surface area contributed by atoms with Crippen molar-refractivity contribution in [3.8, 4) is 0 Å². The third kappa shape index (κ3) is 2.70. The highest BCUT2D eigenvalue weighted by molar-refractivity contribution is 9.11. The van der Waals surface area contributed by atoms with E-state index in [2.05, 4.69) is 15.9 Å². The summed E-state index contributed by atoms with van der Waals surface area (Å²) in [6.45, 7) is 2.02. The minimum Gasteiger partial charge on any atom is -0.393 e. The molecule has 0 aromatic carbocycles. The molecule has 1 unspecified atom stereocenters. The SMILES string of the molecule is CC1\C=C(Br)/C=C([N+](=O)[O-])\C(N)=C\C1. The third-order valence-corrected chi connectivity index (χ3v) is 2.41. The summed E-state index contributed by atoms with van der Waals surface area (Å²) in [5.74, 6) is 0.326. The summed E-state index contributed by atoms with van der Waals surface area (Å²) in [6.07, 6.45) is 5.76. The Bertz CT molecular complexity index is 345. The zero-order chi connectivity index (χ0) is 10.7. The van der Waals surface area contributed by atoms with Gasteiger partial charge in [-0.1, -0.05) is 35.0 Å². The lowest BCUT2D eigenvalue weighted by molar-refractivity contribution is -0.421. The second kappa shape index (κ2) is 4.41. The molecule has 4 nitrogen and oxygen atoms in total. The Labute approximate surface area is 90.4 Å². The summed E-state index contributed by atoms with van der Waals surface area (Å²) < 4.78 is 0.702. The number of nitrogens with zero attached hydrogens (tertiary/aromatic N) is 1. The monoisotopic (exact) mass is 258 g/mol. The number of hydrogen-bond acceptors (Lipinski definition) is 3. The maximum atomic E-state index is 10.6. The average Bonchev–Trinajstić information content (AvgIpc) is 2.08. The first-order chi connectivity index (χ1) is 6.50. The van der Waals surface area contributed by atoms with Crippen molar-refractivity contribution in [3.63, 3.8) is 0 Å². The molecule has 0 fully saturated rings. The highest BCUT2D eigenvalue weighted by Gasteiger charge is 2.16. The van der Waals surface area contributed by atoms with Gasteiger partial charge in [0.15, 0.2) is 0 Å². The summed E-state index contributed by atoms with van der Waals surface area (Å²) in [4.78, 5) is 10.1. The van der Waals surface area contributed by atoms with Crippen LogP contribution in [0.2, 0.25) is 0 Å². The van der Waals surface area contributed by atoms with Crippen LogP contribution in [0.3, 0.4) is 0 Å². The van der Waals surface area contributed by atoms with Crippen LogP contribution in [0.4, 0.5) is 0 Å². The molecule has 1 rings (SSSR count). The zero-order valence-electron chi connectivity index (χ0n) is 7.74. The Hall–Kier alpha value is -1.10. The topological polar surface area (TPSA) is 69.2 Å². The molecule has 0 saturated carbocycles. The standard InChI is InChI=1S/C9H11BrN2O2/c1-6-2-3-8(11)9(12(13)14)5-7(10)4-6/h3-6H,2,11H2,1H3/b7-4+,8-3-,9-5+. The lowest BCUT2D eigenvalue weighted by atomic mass is 10.0. The van der Waals surface area contributed by atoms with Crippen molar-refractivity contribution in [2.75, 3.05) is 0 Å². The minimum atomic E-state index is -0.475. The fourth-order valence-corrected chi connectivity index (χ4v) is 1.85. The summed E-state index contributed by atoms with van der Waals surface area (Å²) in [6, 6.07) is 0. The van der Waals surface area contributed by atoms with Gasteiger partial charge in [0.1, 0.15) is 5.70 Å². The summed E-state index contributed by atoms with van der Waals surface area (Å²) in [5.41, 5.74) is 5.75. The van der Waals surface area contributed by atoms with E-state index in [1.807, 2.05) is 13.0 Å². The lowest BCUT2D eigenvalue weighted by Crippen LogP contribution is -2.11. The first kappa shape index (κ1) is 11.0. The van der Waals surface area contributed by atoms with Gasteiger partial charge >= 0.3 is 0 Å². The number of nitro groups is 1. The lowest BCUT2D eigenvalue weighted by Gasteiger charge is -2.07. The molecule has 0 heterocycles. The normalized spacial score (nSPS) is 33.9. The molecule has 0 radical (unpaired) electrons. The molecule has 76 valence electrons. The van der Waals surface area contributed by atoms with Crippen molar-refractivity contribution in [1.82, 2.24) is 0 Å². The maximum Gasteiger partial charge on any atom is 0.292 e. The molecule has 0 saturated heterocycles. The number of nitrogens with two attached hydrogens (primary N) is 1. The van der Waals surface area contributed by atoms with E-state index in [0.29, 0.717) is 16.8 Å². The average molecular weight is 259 g/mol. The quantitative estimate of drug-likeness (QED) is 0.580. The molecule has 0 aromatic heterocycles. The number of halogens is 1. The highest BCUT2D eigenvalue weighted by Crippen LogP contribution is 2.21. The fraction of sp³-hybridized carbons (Fsp3) is 0.333. The van der Waals surface area contributed by atoms with Gasteiger partial charge in [0.25, 0.3) is 5.70 Å². The number of hydrogen-bond donors (Lipinski definition) is 1. The predicted molar refractivity (Wildman–Crippen MR) is 58.1 cm³/mol. The van der Waals surface area contributed by atoms with Crippen LogP contribution >= 0.6 is 15.9 Å². The number of allylic oxidation sites excluding steroid dienone is 4. The fourth-order valence-electron chi connectivity index (χ4n) is 1.18. The largest absolute Gasteiger partial charge is 0.393 e. The zero-order valence-corrected chi connectivity index (χ0v) is 9.32. The first-order valence-electron chi connectivity index (χ1n) is 4.20. The van der Waals surface area contributed by atoms with E-state index < -0.39 is 4.92 Å². The van der Waals surface area contributed by atoms with Crippen LogP contribution in [0.1, 0.15) is 13.3 Å². The van der Waals surface area contributed by atoms with Crippen LogP contribution in [0.25, 0.3) is 0 Å². The van der Waals surface area contributed by atoms with Crippen molar-refractivity contribution in [2.45, 2.75) is 13.3 Å². The summed E-state index contributed by atoms with van der Waals surface area (Å²) in [7, 11) is 0. The van der Waals surface area contributed by atoms with Crippen LogP contribution in [-0.2, 0) is 0 Å². The van der Waals surface area contributed by atoms with Crippen LogP contribution in [0.5, 0.6) is 0 Å². The molecule has 0 amide bonds. The predicted octanol–water partition coefficient (Wildman–Crippen LogP) is 2.31. The van der Waals surface area contributed by atoms with Gasteiger partial charge in [-0.05, 0) is 12.3 Å². The van der Waals surface area contributed by atoms with Crippen LogP contribution in [-0.4, -0.2) is 4.92 Å². The second-order valence-electron chi connectivity index (χ2n) is 3.21. The smallest absolute Gasteiger partial charge is 0.292 e. The molecule has 1 aliphatic rings. The van der Waals surface area contributed by atoms with Gasteiger partial charge in [0.2, 0.25) is 0 Å². The molecule has 0 bridgehead atoms. The highest BCUT2D eigenvalue weighted by atomic mass is 79.9. The molecule has 5 heteroatoms. The molecule has 2 N–H and O–H groups in total. The number of rotatable bonds is 1. The van der Waals surface area contributed by atoms with E-state index in [4.69, 9.17) is 5.73 Å². The van der Waals surface area contributed by atoms with Crippen molar-refractivity contribution < 1.29 is 4.92 Å². The van der Waals surface area contributed by atoms with E-state index in [1.165, 1.54) is 6.08 Å². The molecule has 14 heavy (non-hydrogen) atoms. The molecule has 0 spiro atoms. The van der Waals surface area contributed by atoms with Gasteiger partial charge in [-0.3, -0.25) is 10.1 Å². The van der Waals surface area contributed by atoms with E-state index in [1.54, 1.807) is 6.08 Å². The Kier molecular flexibility index (Phi) is 3.46. The van der Waals surface area contributed by atoms with E-state index >= 15 is 0 Å². The third-order valence-electron chi connectivity index (χ3n) is 1.92. The van der Waals surface area contributed by atoms with Crippen LogP contribution in [0, 0.1) is 16.0 Å². The second-order valence-corrected chi connectivity index (χ2v) is 4.13. The van der Waals surface area contributed by atoms with Gasteiger partial charge in [-0.25, -0.2) is 0 Å². The Morgan fingerprint density at radius 1 is 1.71 bits per heavy atom. The van der Waals surface area contributed by atoms with Crippen LogP contribution in [0.15, 0.2) is 34.1 Å². The van der Waals surface area contributed by atoms with Crippen molar-refractivity contribution >= 4 is 15.9 Å². The Morgan fingerprint density at radius 2 is 2.36 bits per heavy atom. The van der Waals surface area contributed by atoms with Gasteiger partial charge in [0, 0.05) is 10.6 Å². The van der Waals surface area contributed by atoms with Gasteiger partial charge < -0.3 is 5.73 Å². The summed E-state index contributed by atoms with van der Waals surface area (Å²) in [5, 5.41) is 10.6. The van der Waals surface area contributed by atoms with Gasteiger partial charge in [-0.2, -0.15) is 0 Å².